The van der Waals surface area contributed by atoms with Gasteiger partial charge in [-0.3, -0.25) is 10.1 Å². The molecule has 0 fully saturated rings. The monoisotopic (exact) mass is 394 g/mol. The molecule has 3 amide bonds. The number of rotatable bonds is 5. The van der Waals surface area contributed by atoms with E-state index in [1.54, 1.807) is 11.3 Å². The minimum Gasteiger partial charge on any atom is -0.410 e. The molecular weight excluding hydrogens is 372 g/mol. The lowest BCUT2D eigenvalue weighted by Gasteiger charge is -2.16. The molecule has 2 heterocycles. The summed E-state index contributed by atoms with van der Waals surface area (Å²) in [5.74, 6) is 0.676. The molecule has 1 aliphatic rings. The van der Waals surface area contributed by atoms with Gasteiger partial charge in [0.15, 0.2) is 0 Å². The molecule has 2 aromatic heterocycles. The van der Waals surface area contributed by atoms with Crippen LogP contribution in [-0.2, 0) is 17.6 Å². The fourth-order valence-corrected chi connectivity index (χ4v) is 4.96. The van der Waals surface area contributed by atoms with E-state index in [2.05, 4.69) is 28.5 Å². The minimum absolute atomic E-state index is 0.0368. The lowest BCUT2D eigenvalue weighted by atomic mass is 9.90. The predicted octanol–water partition coefficient (Wildman–Crippen LogP) is 3.23. The fraction of sp³-hybridized carbons (Fsp3) is 0.529. The third kappa shape index (κ3) is 4.27. The first kappa shape index (κ1) is 18.9. The van der Waals surface area contributed by atoms with E-state index in [-0.39, 0.29) is 5.92 Å². The number of carbonyl (C=O) groups excluding carboxylic acids is 2. The summed E-state index contributed by atoms with van der Waals surface area (Å²) >= 11 is 2.84. The summed E-state index contributed by atoms with van der Waals surface area (Å²) in [6.07, 6.45) is 3.40. The van der Waals surface area contributed by atoms with Crippen LogP contribution in [0.2, 0.25) is 0 Å². The molecule has 0 aromatic carbocycles. The van der Waals surface area contributed by atoms with Gasteiger partial charge in [0, 0.05) is 4.88 Å². The molecular formula is C17H22N4O3S2. The Balaban J connectivity index is 1.75. The highest BCUT2D eigenvalue weighted by Gasteiger charge is 2.28. The summed E-state index contributed by atoms with van der Waals surface area (Å²) in [5.41, 5.74) is 6.40. The molecule has 26 heavy (non-hydrogen) atoms. The predicted molar refractivity (Wildman–Crippen MR) is 101 cm³/mol. The van der Waals surface area contributed by atoms with Gasteiger partial charge in [-0.15, -0.1) is 21.5 Å². The number of urea groups is 1. The van der Waals surface area contributed by atoms with Crippen molar-refractivity contribution < 1.29 is 14.0 Å². The number of nitrogens with one attached hydrogen (secondary N) is 1. The zero-order valence-electron chi connectivity index (χ0n) is 14.9. The van der Waals surface area contributed by atoms with Crippen molar-refractivity contribution >= 4 is 35.0 Å². The second-order valence-corrected chi connectivity index (χ2v) is 9.15. The first-order valence-corrected chi connectivity index (χ1v) is 10.3. The van der Waals surface area contributed by atoms with Crippen molar-refractivity contribution in [3.63, 3.8) is 0 Å². The van der Waals surface area contributed by atoms with Gasteiger partial charge in [-0.05, 0) is 42.7 Å². The number of carbonyl (C=O) groups is 2. The third-order valence-electron chi connectivity index (χ3n) is 4.28. The topological polar surface area (TPSA) is 111 Å². The highest BCUT2D eigenvalue weighted by atomic mass is 32.2. The van der Waals surface area contributed by atoms with E-state index in [1.807, 2.05) is 13.8 Å². The molecule has 9 heteroatoms. The average Bonchev–Trinajstić information content (AvgIpc) is 3.17. The summed E-state index contributed by atoms with van der Waals surface area (Å²) in [4.78, 5) is 25.4. The standard InChI is InChI=1S/C17H22N4O3S2/c1-8(2)13(14(22)19-16(18)23)26-17-21-20-15(24-17)12-7-10-6-9(3)4-5-11(10)25-12/h7-9,13H,4-6H2,1-3H3,(H3,18,19,22,23)/t9-,13-/m0/s1. The van der Waals surface area contributed by atoms with Crippen molar-refractivity contribution in [1.29, 1.82) is 0 Å². The third-order valence-corrected chi connectivity index (χ3v) is 6.89. The minimum atomic E-state index is -0.870. The van der Waals surface area contributed by atoms with E-state index in [4.69, 9.17) is 10.2 Å². The number of hydrogen-bond donors (Lipinski definition) is 2. The highest BCUT2D eigenvalue weighted by Crippen LogP contribution is 2.38. The molecule has 0 unspecified atom stereocenters. The Morgan fingerprint density at radius 1 is 1.42 bits per heavy atom. The summed E-state index contributed by atoms with van der Waals surface area (Å²) in [5, 5.41) is 10.1. The number of fused-ring (bicyclic) bond motifs is 1. The summed E-state index contributed by atoms with van der Waals surface area (Å²) < 4.78 is 5.77. The van der Waals surface area contributed by atoms with E-state index in [0.717, 1.165) is 29.5 Å². The summed E-state index contributed by atoms with van der Waals surface area (Å²) in [6, 6.07) is 1.27. The zero-order chi connectivity index (χ0) is 18.8. The lowest BCUT2D eigenvalue weighted by molar-refractivity contribution is -0.120. The van der Waals surface area contributed by atoms with Gasteiger partial charge >= 0.3 is 6.03 Å². The van der Waals surface area contributed by atoms with Crippen molar-refractivity contribution in [3.05, 3.63) is 16.5 Å². The van der Waals surface area contributed by atoms with Crippen LogP contribution in [0.4, 0.5) is 4.79 Å². The Bertz CT molecular complexity index is 815. The van der Waals surface area contributed by atoms with E-state index < -0.39 is 17.2 Å². The van der Waals surface area contributed by atoms with Crippen LogP contribution >= 0.6 is 23.1 Å². The van der Waals surface area contributed by atoms with Crippen LogP contribution in [0.3, 0.4) is 0 Å². The second-order valence-electron chi connectivity index (χ2n) is 6.92. The molecule has 0 radical (unpaired) electrons. The maximum absolute atomic E-state index is 12.1. The van der Waals surface area contributed by atoms with Crippen LogP contribution in [0, 0.1) is 11.8 Å². The van der Waals surface area contributed by atoms with Crippen LogP contribution in [0.15, 0.2) is 15.7 Å². The Hall–Kier alpha value is -1.87. The van der Waals surface area contributed by atoms with Gasteiger partial charge in [0.05, 0.1) is 10.1 Å². The summed E-state index contributed by atoms with van der Waals surface area (Å²) in [6.45, 7) is 6.03. The van der Waals surface area contributed by atoms with Crippen LogP contribution in [0.1, 0.15) is 37.6 Å². The average molecular weight is 395 g/mol. The molecule has 0 spiro atoms. The number of imide groups is 1. The largest absolute Gasteiger partial charge is 0.410 e. The number of thiophene rings is 1. The number of nitrogens with zero attached hydrogens (tertiary/aromatic N) is 2. The number of aryl methyl sites for hydroxylation is 1. The first-order valence-electron chi connectivity index (χ1n) is 8.56. The van der Waals surface area contributed by atoms with Gasteiger partial charge in [0.25, 0.3) is 11.1 Å². The molecule has 0 bridgehead atoms. The van der Waals surface area contributed by atoms with Gasteiger partial charge in [-0.1, -0.05) is 32.5 Å². The number of nitrogens with two attached hydrogens (primary N) is 1. The number of primary amides is 1. The van der Waals surface area contributed by atoms with E-state index in [1.165, 1.54) is 16.9 Å². The van der Waals surface area contributed by atoms with Gasteiger partial charge < -0.3 is 10.2 Å². The molecule has 0 saturated heterocycles. The number of amides is 3. The van der Waals surface area contributed by atoms with Crippen LogP contribution in [0.25, 0.3) is 10.8 Å². The molecule has 2 atom stereocenters. The number of hydrogen-bond acceptors (Lipinski definition) is 7. The van der Waals surface area contributed by atoms with Crippen molar-refractivity contribution in [2.45, 2.75) is 50.5 Å². The first-order chi connectivity index (χ1) is 12.3. The molecule has 3 rings (SSSR count). The molecule has 0 aliphatic heterocycles. The smallest absolute Gasteiger partial charge is 0.318 e. The Labute approximate surface area is 160 Å². The van der Waals surface area contributed by atoms with Gasteiger partial charge in [-0.25, -0.2) is 4.79 Å². The van der Waals surface area contributed by atoms with Gasteiger partial charge in [0.2, 0.25) is 5.91 Å². The van der Waals surface area contributed by atoms with Crippen molar-refractivity contribution in [2.75, 3.05) is 0 Å². The molecule has 1 aliphatic carbocycles. The molecule has 0 saturated carbocycles. The normalized spacial score (nSPS) is 17.8. The van der Waals surface area contributed by atoms with E-state index >= 15 is 0 Å². The van der Waals surface area contributed by atoms with E-state index in [9.17, 15) is 9.59 Å². The maximum atomic E-state index is 12.1. The SMILES string of the molecule is CC(C)[C@H](Sc1nnc(-c2cc3c(s2)CC[C@H](C)C3)o1)C(=O)NC(N)=O. The molecule has 7 nitrogen and oxygen atoms in total. The molecule has 2 aromatic rings. The zero-order valence-corrected chi connectivity index (χ0v) is 16.6. The quantitative estimate of drug-likeness (QED) is 0.753. The molecule has 3 N–H and O–H groups in total. The van der Waals surface area contributed by atoms with Crippen molar-refractivity contribution in [2.24, 2.45) is 17.6 Å². The Morgan fingerprint density at radius 2 is 2.19 bits per heavy atom. The summed E-state index contributed by atoms with van der Waals surface area (Å²) in [7, 11) is 0. The maximum Gasteiger partial charge on any atom is 0.318 e. The highest BCUT2D eigenvalue weighted by molar-refractivity contribution is 8.00. The van der Waals surface area contributed by atoms with Gasteiger partial charge in [-0.2, -0.15) is 0 Å². The van der Waals surface area contributed by atoms with Crippen LogP contribution in [0.5, 0.6) is 0 Å². The lowest BCUT2D eigenvalue weighted by Crippen LogP contribution is -2.42. The van der Waals surface area contributed by atoms with Crippen molar-refractivity contribution in [3.8, 4) is 10.8 Å². The van der Waals surface area contributed by atoms with Crippen molar-refractivity contribution in [1.82, 2.24) is 15.5 Å². The van der Waals surface area contributed by atoms with Crippen LogP contribution in [-0.4, -0.2) is 27.4 Å². The second kappa shape index (κ2) is 7.79. The number of aromatic nitrogens is 2. The molecule has 140 valence electrons. The number of thioether (sulfide) groups is 1. The van der Waals surface area contributed by atoms with E-state index in [0.29, 0.717) is 17.0 Å². The van der Waals surface area contributed by atoms with Crippen LogP contribution < -0.4 is 11.1 Å². The van der Waals surface area contributed by atoms with Gasteiger partial charge in [0.1, 0.15) is 0 Å². The Morgan fingerprint density at radius 3 is 2.88 bits per heavy atom. The Kier molecular flexibility index (Phi) is 5.67. The fourth-order valence-electron chi connectivity index (χ4n) is 2.96.